The van der Waals surface area contributed by atoms with E-state index in [1.165, 1.54) is 0 Å². The second-order valence-corrected chi connectivity index (χ2v) is 4.91. The molecular weight excluding hydrogens is 285 g/mol. The molecule has 0 radical (unpaired) electrons. The highest BCUT2D eigenvalue weighted by molar-refractivity contribution is 6.33. The van der Waals surface area contributed by atoms with Crippen LogP contribution in [0, 0.1) is 12.7 Å². The Balaban J connectivity index is 2.24. The first-order chi connectivity index (χ1) is 9.40. The number of hydrogen-bond acceptors (Lipinski definition) is 4. The van der Waals surface area contributed by atoms with Crippen LogP contribution in [0.15, 0.2) is 12.3 Å². The molecule has 6 nitrogen and oxygen atoms in total. The third-order valence-corrected chi connectivity index (χ3v) is 2.96. The van der Waals surface area contributed by atoms with E-state index in [1.807, 2.05) is 13.8 Å². The standard InChI is InChI=1S/C12H13ClFN5O/c1-6(2)19-7(3)10(17-18-19)12(20)16-11-9(13)4-8(14)5-15-11/h4-6H,1-3H3,(H,15,16,20). The molecule has 0 fully saturated rings. The maximum atomic E-state index is 12.9. The first kappa shape index (κ1) is 14.4. The van der Waals surface area contributed by atoms with E-state index in [0.29, 0.717) is 5.69 Å². The summed E-state index contributed by atoms with van der Waals surface area (Å²) in [5.41, 5.74) is 0.816. The average molecular weight is 298 g/mol. The van der Waals surface area contributed by atoms with Crippen LogP contribution < -0.4 is 5.32 Å². The Kier molecular flexibility index (Phi) is 3.99. The molecule has 20 heavy (non-hydrogen) atoms. The van der Waals surface area contributed by atoms with Crippen LogP contribution in [0.4, 0.5) is 10.2 Å². The first-order valence-corrected chi connectivity index (χ1v) is 6.32. The van der Waals surface area contributed by atoms with Gasteiger partial charge in [0.05, 0.1) is 16.9 Å². The van der Waals surface area contributed by atoms with Gasteiger partial charge < -0.3 is 5.32 Å². The minimum Gasteiger partial charge on any atom is -0.304 e. The Hall–Kier alpha value is -2.02. The summed E-state index contributed by atoms with van der Waals surface area (Å²) >= 11 is 5.80. The molecule has 2 aromatic rings. The molecule has 1 N–H and O–H groups in total. The van der Waals surface area contributed by atoms with Crippen LogP contribution in [0.3, 0.4) is 0 Å². The van der Waals surface area contributed by atoms with E-state index >= 15 is 0 Å². The number of pyridine rings is 1. The first-order valence-electron chi connectivity index (χ1n) is 5.94. The van der Waals surface area contributed by atoms with E-state index in [9.17, 15) is 9.18 Å². The van der Waals surface area contributed by atoms with Crippen LogP contribution in [0.1, 0.15) is 36.1 Å². The summed E-state index contributed by atoms with van der Waals surface area (Å²) < 4.78 is 14.5. The molecule has 106 valence electrons. The minimum atomic E-state index is -0.574. The topological polar surface area (TPSA) is 72.7 Å². The van der Waals surface area contributed by atoms with E-state index < -0.39 is 11.7 Å². The largest absolute Gasteiger partial charge is 0.304 e. The molecule has 0 aliphatic heterocycles. The number of hydrogen-bond donors (Lipinski definition) is 1. The van der Waals surface area contributed by atoms with Gasteiger partial charge in [-0.15, -0.1) is 5.10 Å². The van der Waals surface area contributed by atoms with Gasteiger partial charge in [0.2, 0.25) is 0 Å². The molecule has 0 spiro atoms. The van der Waals surface area contributed by atoms with Gasteiger partial charge in [-0.3, -0.25) is 4.79 Å². The van der Waals surface area contributed by atoms with Crippen LogP contribution in [-0.4, -0.2) is 25.9 Å². The summed E-state index contributed by atoms with van der Waals surface area (Å²) in [5, 5.41) is 10.2. The van der Waals surface area contributed by atoms with Gasteiger partial charge in [0.15, 0.2) is 11.5 Å². The smallest absolute Gasteiger partial charge is 0.279 e. The lowest BCUT2D eigenvalue weighted by atomic mass is 10.3. The van der Waals surface area contributed by atoms with Crippen molar-refractivity contribution in [3.63, 3.8) is 0 Å². The molecule has 2 aromatic heterocycles. The van der Waals surface area contributed by atoms with Gasteiger partial charge >= 0.3 is 0 Å². The van der Waals surface area contributed by atoms with Crippen molar-refractivity contribution in [1.29, 1.82) is 0 Å². The quantitative estimate of drug-likeness (QED) is 0.945. The van der Waals surface area contributed by atoms with E-state index in [0.717, 1.165) is 12.3 Å². The highest BCUT2D eigenvalue weighted by Crippen LogP contribution is 2.20. The molecule has 0 saturated carbocycles. The number of rotatable bonds is 3. The molecule has 8 heteroatoms. The van der Waals surface area contributed by atoms with Gasteiger partial charge in [-0.2, -0.15) is 0 Å². The van der Waals surface area contributed by atoms with Gasteiger partial charge in [-0.05, 0) is 26.8 Å². The molecule has 0 aromatic carbocycles. The molecule has 2 heterocycles. The summed E-state index contributed by atoms with van der Waals surface area (Å²) in [6.07, 6.45) is 0.972. The van der Waals surface area contributed by atoms with Crippen LogP contribution in [-0.2, 0) is 0 Å². The average Bonchev–Trinajstić information content (AvgIpc) is 2.74. The monoisotopic (exact) mass is 297 g/mol. The van der Waals surface area contributed by atoms with Crippen molar-refractivity contribution in [3.8, 4) is 0 Å². The lowest BCUT2D eigenvalue weighted by molar-refractivity contribution is 0.102. The third kappa shape index (κ3) is 2.77. The Bertz CT molecular complexity index is 655. The maximum absolute atomic E-state index is 12.9. The van der Waals surface area contributed by atoms with Crippen molar-refractivity contribution in [2.45, 2.75) is 26.8 Å². The number of halogens is 2. The van der Waals surface area contributed by atoms with E-state index in [-0.39, 0.29) is 22.6 Å². The minimum absolute atomic E-state index is 0.0206. The summed E-state index contributed by atoms with van der Waals surface area (Å²) in [5.74, 6) is -0.984. The predicted molar refractivity (Wildman–Crippen MR) is 72.3 cm³/mol. The van der Waals surface area contributed by atoms with E-state index in [2.05, 4.69) is 20.6 Å². The van der Waals surface area contributed by atoms with Gasteiger partial charge in [0.1, 0.15) is 5.82 Å². The molecule has 0 saturated heterocycles. The van der Waals surface area contributed by atoms with Gasteiger partial charge in [-0.25, -0.2) is 14.1 Å². The van der Waals surface area contributed by atoms with Crippen molar-refractivity contribution >= 4 is 23.3 Å². The van der Waals surface area contributed by atoms with Crippen LogP contribution in [0.5, 0.6) is 0 Å². The Labute approximate surface area is 120 Å². The zero-order chi connectivity index (χ0) is 14.9. The van der Waals surface area contributed by atoms with Crippen molar-refractivity contribution in [2.24, 2.45) is 0 Å². The zero-order valence-electron chi connectivity index (χ0n) is 11.2. The molecular formula is C12H13ClFN5O. The molecule has 0 aliphatic rings. The summed E-state index contributed by atoms with van der Waals surface area (Å²) in [6, 6.07) is 1.17. The van der Waals surface area contributed by atoms with Gasteiger partial charge in [-0.1, -0.05) is 16.8 Å². The Morgan fingerprint density at radius 2 is 2.20 bits per heavy atom. The summed E-state index contributed by atoms with van der Waals surface area (Å²) in [7, 11) is 0. The van der Waals surface area contributed by atoms with Gasteiger partial charge in [0, 0.05) is 6.04 Å². The number of nitrogens with one attached hydrogen (secondary N) is 1. The molecule has 1 amide bonds. The van der Waals surface area contributed by atoms with Crippen molar-refractivity contribution in [2.75, 3.05) is 5.32 Å². The third-order valence-electron chi connectivity index (χ3n) is 2.67. The number of carbonyl (C=O) groups is 1. The second-order valence-electron chi connectivity index (χ2n) is 4.50. The number of aromatic nitrogens is 4. The number of amides is 1. The van der Waals surface area contributed by atoms with Crippen LogP contribution in [0.25, 0.3) is 0 Å². The molecule has 0 aliphatic carbocycles. The van der Waals surface area contributed by atoms with Crippen LogP contribution in [0.2, 0.25) is 5.02 Å². The molecule has 0 unspecified atom stereocenters. The summed E-state index contributed by atoms with van der Waals surface area (Å²) in [4.78, 5) is 15.8. The normalized spacial score (nSPS) is 10.9. The van der Waals surface area contributed by atoms with Crippen molar-refractivity contribution in [1.82, 2.24) is 20.0 Å². The predicted octanol–water partition coefficient (Wildman–Crippen LogP) is 2.61. The Morgan fingerprint density at radius 3 is 2.75 bits per heavy atom. The highest BCUT2D eigenvalue weighted by Gasteiger charge is 2.19. The van der Waals surface area contributed by atoms with E-state index in [1.54, 1.807) is 11.6 Å². The molecule has 0 atom stereocenters. The SMILES string of the molecule is Cc1c(C(=O)Nc2ncc(F)cc2Cl)nnn1C(C)C. The second kappa shape index (κ2) is 5.54. The zero-order valence-corrected chi connectivity index (χ0v) is 11.9. The molecule has 2 rings (SSSR count). The lowest BCUT2D eigenvalue weighted by Crippen LogP contribution is -2.16. The molecule has 0 bridgehead atoms. The highest BCUT2D eigenvalue weighted by atomic mass is 35.5. The van der Waals surface area contributed by atoms with Gasteiger partial charge in [0.25, 0.3) is 5.91 Å². The number of anilines is 1. The van der Waals surface area contributed by atoms with Crippen LogP contribution >= 0.6 is 11.6 Å². The fourth-order valence-corrected chi connectivity index (χ4v) is 1.91. The van der Waals surface area contributed by atoms with E-state index in [4.69, 9.17) is 11.6 Å². The van der Waals surface area contributed by atoms with Crippen molar-refractivity contribution in [3.05, 3.63) is 34.5 Å². The van der Waals surface area contributed by atoms with Crippen molar-refractivity contribution < 1.29 is 9.18 Å². The fraction of sp³-hybridized carbons (Fsp3) is 0.333. The lowest BCUT2D eigenvalue weighted by Gasteiger charge is -2.07. The number of nitrogens with zero attached hydrogens (tertiary/aromatic N) is 4. The summed E-state index contributed by atoms with van der Waals surface area (Å²) in [6.45, 7) is 5.61. The fourth-order valence-electron chi connectivity index (χ4n) is 1.71. The number of carbonyl (C=O) groups excluding carboxylic acids is 1. The Morgan fingerprint density at radius 1 is 1.50 bits per heavy atom. The maximum Gasteiger partial charge on any atom is 0.279 e.